The lowest BCUT2D eigenvalue weighted by Gasteiger charge is -2.31. The predicted octanol–water partition coefficient (Wildman–Crippen LogP) is 2.21. The number of ether oxygens (including phenoxy) is 1. The Hall–Kier alpha value is -1.73. The van der Waals surface area contributed by atoms with Crippen LogP contribution in [0, 0.1) is 0 Å². The van der Waals surface area contributed by atoms with E-state index in [0.717, 1.165) is 10.8 Å². The number of rotatable bonds is 5. The maximum absolute atomic E-state index is 12.1. The van der Waals surface area contributed by atoms with Gasteiger partial charge in [0, 0.05) is 23.9 Å². The second-order valence-corrected chi connectivity index (χ2v) is 7.86. The van der Waals surface area contributed by atoms with Crippen molar-refractivity contribution < 1.29 is 13.2 Å². The van der Waals surface area contributed by atoms with E-state index in [9.17, 15) is 8.42 Å². The van der Waals surface area contributed by atoms with Crippen LogP contribution >= 0.6 is 0 Å². The second-order valence-electron chi connectivity index (χ2n) is 5.77. The standard InChI is InChI=1S/C16H21N3O3S/c1-2-11-23(20,21)19-9-7-14(8-10-19)22-16-15-6-4-3-5-13(15)12-17-18-16/h3-6,12,14H,2,7-11H2,1H3. The van der Waals surface area contributed by atoms with E-state index in [1.54, 1.807) is 10.5 Å². The molecule has 6 nitrogen and oxygen atoms in total. The minimum atomic E-state index is -3.11. The van der Waals surface area contributed by atoms with Gasteiger partial charge in [-0.25, -0.2) is 12.7 Å². The first-order chi connectivity index (χ1) is 11.1. The lowest BCUT2D eigenvalue weighted by molar-refractivity contribution is 0.130. The van der Waals surface area contributed by atoms with Crippen LogP contribution in [0.1, 0.15) is 26.2 Å². The molecule has 0 saturated carbocycles. The van der Waals surface area contributed by atoms with E-state index < -0.39 is 10.0 Å². The highest BCUT2D eigenvalue weighted by atomic mass is 32.2. The molecular weight excluding hydrogens is 314 g/mol. The lowest BCUT2D eigenvalue weighted by atomic mass is 10.1. The molecule has 2 heterocycles. The van der Waals surface area contributed by atoms with E-state index in [4.69, 9.17) is 4.74 Å². The molecule has 0 unspecified atom stereocenters. The van der Waals surface area contributed by atoms with Gasteiger partial charge in [-0.2, -0.15) is 5.10 Å². The van der Waals surface area contributed by atoms with Crippen molar-refractivity contribution in [3.05, 3.63) is 30.5 Å². The molecule has 1 fully saturated rings. The molecule has 3 rings (SSSR count). The quantitative estimate of drug-likeness (QED) is 0.838. The summed E-state index contributed by atoms with van der Waals surface area (Å²) < 4.78 is 31.7. The third-order valence-corrected chi connectivity index (χ3v) is 6.15. The van der Waals surface area contributed by atoms with Crippen LogP contribution in [0.5, 0.6) is 5.88 Å². The van der Waals surface area contributed by atoms with Crippen LogP contribution in [0.4, 0.5) is 0 Å². The van der Waals surface area contributed by atoms with E-state index in [1.807, 2.05) is 31.2 Å². The highest BCUT2D eigenvalue weighted by molar-refractivity contribution is 7.89. The third kappa shape index (κ3) is 3.61. The first-order valence-corrected chi connectivity index (χ1v) is 9.56. The van der Waals surface area contributed by atoms with Crippen molar-refractivity contribution in [3.63, 3.8) is 0 Å². The molecule has 0 N–H and O–H groups in total. The molecule has 0 bridgehead atoms. The lowest BCUT2D eigenvalue weighted by Crippen LogP contribution is -2.42. The van der Waals surface area contributed by atoms with Crippen LogP contribution in [0.15, 0.2) is 30.5 Å². The zero-order valence-electron chi connectivity index (χ0n) is 13.2. The number of fused-ring (bicyclic) bond motifs is 1. The molecule has 7 heteroatoms. The average Bonchev–Trinajstić information content (AvgIpc) is 2.56. The van der Waals surface area contributed by atoms with Gasteiger partial charge in [-0.3, -0.25) is 0 Å². The van der Waals surface area contributed by atoms with Gasteiger partial charge in [0.15, 0.2) is 0 Å². The highest BCUT2D eigenvalue weighted by Crippen LogP contribution is 2.25. The Morgan fingerprint density at radius 2 is 2.00 bits per heavy atom. The molecule has 1 aliphatic heterocycles. The van der Waals surface area contributed by atoms with Crippen LogP contribution in [0.2, 0.25) is 0 Å². The second kappa shape index (κ2) is 6.80. The number of benzene rings is 1. The minimum Gasteiger partial charge on any atom is -0.473 e. The number of nitrogens with zero attached hydrogens (tertiary/aromatic N) is 3. The first kappa shape index (κ1) is 16.1. The normalized spacial score (nSPS) is 17.4. The molecule has 1 aliphatic rings. The molecule has 0 radical (unpaired) electrons. The minimum absolute atomic E-state index is 0.0248. The van der Waals surface area contributed by atoms with E-state index in [1.165, 1.54) is 0 Å². The number of sulfonamides is 1. The largest absolute Gasteiger partial charge is 0.473 e. The number of aromatic nitrogens is 2. The predicted molar refractivity (Wildman–Crippen MR) is 88.8 cm³/mol. The van der Waals surface area contributed by atoms with Crippen molar-refractivity contribution in [3.8, 4) is 5.88 Å². The van der Waals surface area contributed by atoms with Gasteiger partial charge in [-0.15, -0.1) is 5.10 Å². The SMILES string of the molecule is CCCS(=O)(=O)N1CCC(Oc2nncc3ccccc23)CC1. The van der Waals surface area contributed by atoms with Crippen molar-refractivity contribution in [1.82, 2.24) is 14.5 Å². The smallest absolute Gasteiger partial charge is 0.241 e. The molecular formula is C16H21N3O3S. The van der Waals surface area contributed by atoms with Gasteiger partial charge in [0.2, 0.25) is 15.9 Å². The van der Waals surface area contributed by atoms with Gasteiger partial charge in [0.05, 0.1) is 11.9 Å². The Kier molecular flexibility index (Phi) is 4.77. The third-order valence-electron chi connectivity index (χ3n) is 4.07. The van der Waals surface area contributed by atoms with Crippen LogP contribution in [0.25, 0.3) is 10.8 Å². The Morgan fingerprint density at radius 3 is 2.74 bits per heavy atom. The van der Waals surface area contributed by atoms with Gasteiger partial charge in [0.1, 0.15) is 6.10 Å². The van der Waals surface area contributed by atoms with Gasteiger partial charge >= 0.3 is 0 Å². The van der Waals surface area contributed by atoms with Crippen molar-refractivity contribution in [1.29, 1.82) is 0 Å². The summed E-state index contributed by atoms with van der Waals surface area (Å²) in [6.07, 6.45) is 3.68. The Bertz CT molecular complexity index is 766. The summed E-state index contributed by atoms with van der Waals surface area (Å²) in [5.41, 5.74) is 0. The van der Waals surface area contributed by atoms with Gasteiger partial charge in [-0.1, -0.05) is 25.1 Å². The number of hydrogen-bond donors (Lipinski definition) is 0. The van der Waals surface area contributed by atoms with Gasteiger partial charge in [-0.05, 0) is 25.3 Å². The summed E-state index contributed by atoms with van der Waals surface area (Å²) in [4.78, 5) is 0. The van der Waals surface area contributed by atoms with Crippen molar-refractivity contribution in [2.75, 3.05) is 18.8 Å². The van der Waals surface area contributed by atoms with Crippen LogP contribution in [-0.4, -0.2) is 47.9 Å². The fourth-order valence-corrected chi connectivity index (χ4v) is 4.40. The highest BCUT2D eigenvalue weighted by Gasteiger charge is 2.28. The van der Waals surface area contributed by atoms with Crippen LogP contribution in [0.3, 0.4) is 0 Å². The fraction of sp³-hybridized carbons (Fsp3) is 0.500. The summed E-state index contributed by atoms with van der Waals surface area (Å²) >= 11 is 0. The molecule has 0 amide bonds. The fourth-order valence-electron chi connectivity index (χ4n) is 2.86. The van der Waals surface area contributed by atoms with Crippen molar-refractivity contribution in [2.24, 2.45) is 0 Å². The zero-order chi connectivity index (χ0) is 16.3. The summed E-state index contributed by atoms with van der Waals surface area (Å²) in [5, 5.41) is 9.99. The van der Waals surface area contributed by atoms with Crippen molar-refractivity contribution in [2.45, 2.75) is 32.3 Å². The monoisotopic (exact) mass is 335 g/mol. The molecule has 124 valence electrons. The molecule has 0 atom stereocenters. The summed E-state index contributed by atoms with van der Waals surface area (Å²) in [7, 11) is -3.11. The van der Waals surface area contributed by atoms with Crippen molar-refractivity contribution >= 4 is 20.8 Å². The zero-order valence-corrected chi connectivity index (χ0v) is 14.0. The average molecular weight is 335 g/mol. The van der Waals surface area contributed by atoms with Gasteiger partial charge < -0.3 is 4.74 Å². The topological polar surface area (TPSA) is 72.4 Å². The summed E-state index contributed by atoms with van der Waals surface area (Å²) in [5.74, 6) is 0.741. The number of piperidine rings is 1. The molecule has 0 spiro atoms. The van der Waals surface area contributed by atoms with E-state index >= 15 is 0 Å². The molecule has 1 aromatic heterocycles. The Morgan fingerprint density at radius 1 is 1.26 bits per heavy atom. The van der Waals surface area contributed by atoms with E-state index in [0.29, 0.717) is 38.2 Å². The van der Waals surface area contributed by atoms with Gasteiger partial charge in [0.25, 0.3) is 0 Å². The molecule has 1 aromatic carbocycles. The van der Waals surface area contributed by atoms with Crippen LogP contribution in [-0.2, 0) is 10.0 Å². The maximum atomic E-state index is 12.1. The summed E-state index contributed by atoms with van der Waals surface area (Å²) in [6.45, 7) is 2.89. The summed E-state index contributed by atoms with van der Waals surface area (Å²) in [6, 6.07) is 7.82. The Labute approximate surface area is 136 Å². The number of hydrogen-bond acceptors (Lipinski definition) is 5. The molecule has 23 heavy (non-hydrogen) atoms. The maximum Gasteiger partial charge on any atom is 0.241 e. The molecule has 2 aromatic rings. The molecule has 0 aliphatic carbocycles. The van der Waals surface area contributed by atoms with E-state index in [-0.39, 0.29) is 11.9 Å². The first-order valence-electron chi connectivity index (χ1n) is 7.95. The molecule has 1 saturated heterocycles. The van der Waals surface area contributed by atoms with Crippen LogP contribution < -0.4 is 4.74 Å². The Balaban J connectivity index is 1.67. The van der Waals surface area contributed by atoms with E-state index in [2.05, 4.69) is 10.2 Å².